The third-order valence-electron chi connectivity index (χ3n) is 3.68. The van der Waals surface area contributed by atoms with Gasteiger partial charge in [-0.3, -0.25) is 0 Å². The van der Waals surface area contributed by atoms with E-state index in [-0.39, 0.29) is 6.10 Å². The lowest BCUT2D eigenvalue weighted by Gasteiger charge is -2.21. The topological polar surface area (TPSA) is 64.7 Å². The summed E-state index contributed by atoms with van der Waals surface area (Å²) < 4.78 is 15.8. The van der Waals surface area contributed by atoms with Gasteiger partial charge in [-0.1, -0.05) is 11.2 Å². The number of methoxy groups -OCH3 is 1. The molecule has 0 aliphatic heterocycles. The molecule has 112 valence electrons. The molecule has 0 spiro atoms. The Bertz CT molecular complexity index is 608. The van der Waals surface area contributed by atoms with Crippen molar-refractivity contribution < 1.29 is 19.1 Å². The second-order valence-electron chi connectivity index (χ2n) is 5.27. The van der Waals surface area contributed by atoms with Gasteiger partial charge in [0.25, 0.3) is 0 Å². The molecule has 5 nitrogen and oxygen atoms in total. The fourth-order valence-corrected chi connectivity index (χ4v) is 2.63. The van der Waals surface area contributed by atoms with Crippen LogP contribution in [0.3, 0.4) is 0 Å². The highest BCUT2D eigenvalue weighted by atomic mass is 16.5. The Hall–Kier alpha value is -1.85. The molecule has 0 saturated carbocycles. The minimum absolute atomic E-state index is 0.335. The van der Waals surface area contributed by atoms with Crippen molar-refractivity contribution in [3.8, 4) is 5.75 Å². The highest BCUT2D eigenvalue weighted by Gasteiger charge is 2.18. The maximum Gasteiger partial charge on any atom is 0.162 e. The standard InChI is InChI=1S/C16H19NO4/c1-19-10-14-7-12(17-21-14)9-20-13-6-5-11-3-2-4-16(18)15(11)8-13/h5-8,16,18H,2-4,9-10H2,1H3/t16-/m1/s1. The lowest BCUT2D eigenvalue weighted by atomic mass is 9.89. The van der Waals surface area contributed by atoms with Crippen LogP contribution in [0.5, 0.6) is 5.75 Å². The molecule has 0 fully saturated rings. The van der Waals surface area contributed by atoms with Gasteiger partial charge in [0.2, 0.25) is 0 Å². The minimum atomic E-state index is -0.377. The summed E-state index contributed by atoms with van der Waals surface area (Å²) >= 11 is 0. The molecule has 1 N–H and O–H groups in total. The molecular weight excluding hydrogens is 270 g/mol. The number of aliphatic hydroxyl groups is 1. The highest BCUT2D eigenvalue weighted by Crippen LogP contribution is 2.32. The Labute approximate surface area is 123 Å². The number of hydrogen-bond acceptors (Lipinski definition) is 5. The van der Waals surface area contributed by atoms with E-state index in [0.717, 1.165) is 36.3 Å². The summed E-state index contributed by atoms with van der Waals surface area (Å²) in [6.45, 7) is 0.736. The van der Waals surface area contributed by atoms with Crippen molar-refractivity contribution in [3.63, 3.8) is 0 Å². The Morgan fingerprint density at radius 2 is 2.24 bits per heavy atom. The van der Waals surface area contributed by atoms with E-state index in [9.17, 15) is 5.11 Å². The number of hydrogen-bond donors (Lipinski definition) is 1. The molecule has 3 rings (SSSR count). The number of aliphatic hydroxyl groups excluding tert-OH is 1. The molecule has 0 amide bonds. The number of aromatic nitrogens is 1. The lowest BCUT2D eigenvalue weighted by molar-refractivity contribution is 0.155. The fraction of sp³-hybridized carbons (Fsp3) is 0.438. The normalized spacial score (nSPS) is 17.5. The van der Waals surface area contributed by atoms with Gasteiger partial charge in [-0.25, -0.2) is 0 Å². The molecule has 1 aromatic carbocycles. The minimum Gasteiger partial charge on any atom is -0.487 e. The van der Waals surface area contributed by atoms with Gasteiger partial charge < -0.3 is 19.1 Å². The molecule has 1 heterocycles. The van der Waals surface area contributed by atoms with Crippen molar-refractivity contribution in [2.45, 2.75) is 38.6 Å². The molecule has 5 heteroatoms. The SMILES string of the molecule is COCc1cc(COc2ccc3c(c2)[C@H](O)CCC3)no1. The third kappa shape index (κ3) is 3.25. The summed E-state index contributed by atoms with van der Waals surface area (Å²) in [4.78, 5) is 0. The Kier molecular flexibility index (Phi) is 4.22. The van der Waals surface area contributed by atoms with Gasteiger partial charge in [0.05, 0.1) is 6.10 Å². The first-order valence-electron chi connectivity index (χ1n) is 7.13. The first-order chi connectivity index (χ1) is 10.3. The van der Waals surface area contributed by atoms with Crippen molar-refractivity contribution in [1.82, 2.24) is 5.16 Å². The van der Waals surface area contributed by atoms with E-state index in [1.807, 2.05) is 24.3 Å². The number of ether oxygens (including phenoxy) is 2. The van der Waals surface area contributed by atoms with Gasteiger partial charge in [-0.05, 0) is 42.5 Å². The molecule has 0 unspecified atom stereocenters. The van der Waals surface area contributed by atoms with Crippen LogP contribution < -0.4 is 4.74 Å². The molecule has 0 bridgehead atoms. The van der Waals surface area contributed by atoms with Crippen LogP contribution in [-0.4, -0.2) is 17.4 Å². The number of rotatable bonds is 5. The zero-order valence-electron chi connectivity index (χ0n) is 12.0. The number of fused-ring (bicyclic) bond motifs is 1. The summed E-state index contributed by atoms with van der Waals surface area (Å²) in [5, 5.41) is 14.0. The van der Waals surface area contributed by atoms with Crippen LogP contribution in [0.2, 0.25) is 0 Å². The molecule has 1 aliphatic carbocycles. The first kappa shape index (κ1) is 14.1. The van der Waals surface area contributed by atoms with Crippen molar-refractivity contribution in [1.29, 1.82) is 0 Å². The molecule has 0 saturated heterocycles. The number of benzene rings is 1. The second kappa shape index (κ2) is 6.28. The molecule has 2 aromatic rings. The van der Waals surface area contributed by atoms with Gasteiger partial charge in [0.15, 0.2) is 5.76 Å². The molecule has 1 atom stereocenters. The zero-order valence-corrected chi connectivity index (χ0v) is 12.0. The summed E-state index contributed by atoms with van der Waals surface area (Å²) in [5.74, 6) is 1.42. The van der Waals surface area contributed by atoms with Crippen molar-refractivity contribution in [2.75, 3.05) is 7.11 Å². The van der Waals surface area contributed by atoms with Gasteiger partial charge >= 0.3 is 0 Å². The van der Waals surface area contributed by atoms with Gasteiger partial charge in [-0.15, -0.1) is 0 Å². The maximum atomic E-state index is 10.0. The quantitative estimate of drug-likeness (QED) is 0.917. The summed E-state index contributed by atoms with van der Waals surface area (Å²) in [6, 6.07) is 7.71. The Morgan fingerprint density at radius 3 is 3.10 bits per heavy atom. The van der Waals surface area contributed by atoms with E-state index >= 15 is 0 Å². The molecule has 21 heavy (non-hydrogen) atoms. The summed E-state index contributed by atoms with van der Waals surface area (Å²) in [6.07, 6.45) is 2.50. The van der Waals surface area contributed by atoms with Gasteiger partial charge in [0, 0.05) is 13.2 Å². The van der Waals surface area contributed by atoms with Crippen LogP contribution >= 0.6 is 0 Å². The van der Waals surface area contributed by atoms with Crippen molar-refractivity contribution in [2.24, 2.45) is 0 Å². The largest absolute Gasteiger partial charge is 0.487 e. The van der Waals surface area contributed by atoms with E-state index < -0.39 is 0 Å². The monoisotopic (exact) mass is 289 g/mol. The third-order valence-corrected chi connectivity index (χ3v) is 3.68. The highest BCUT2D eigenvalue weighted by molar-refractivity contribution is 5.38. The van der Waals surface area contributed by atoms with Crippen molar-refractivity contribution in [3.05, 3.63) is 46.8 Å². The van der Waals surface area contributed by atoms with Crippen LogP contribution in [0.25, 0.3) is 0 Å². The summed E-state index contributed by atoms with van der Waals surface area (Å²) in [5.41, 5.74) is 2.92. The maximum absolute atomic E-state index is 10.0. The van der Waals surface area contributed by atoms with Gasteiger partial charge in [-0.2, -0.15) is 0 Å². The van der Waals surface area contributed by atoms with E-state index in [0.29, 0.717) is 19.0 Å². The predicted octanol–water partition coefficient (Wildman–Crippen LogP) is 2.77. The van der Waals surface area contributed by atoms with Crippen LogP contribution in [0, 0.1) is 0 Å². The molecular formula is C16H19NO4. The summed E-state index contributed by atoms with van der Waals surface area (Å²) in [7, 11) is 1.61. The molecule has 1 aliphatic rings. The van der Waals surface area contributed by atoms with E-state index in [1.54, 1.807) is 7.11 Å². The molecule has 0 radical (unpaired) electrons. The zero-order chi connectivity index (χ0) is 14.7. The van der Waals surface area contributed by atoms with E-state index in [1.165, 1.54) is 5.56 Å². The van der Waals surface area contributed by atoms with Crippen LogP contribution in [0.15, 0.2) is 28.8 Å². The van der Waals surface area contributed by atoms with Crippen LogP contribution in [-0.2, 0) is 24.4 Å². The smallest absolute Gasteiger partial charge is 0.162 e. The van der Waals surface area contributed by atoms with E-state index in [4.69, 9.17) is 14.0 Å². The van der Waals surface area contributed by atoms with Crippen LogP contribution in [0.1, 0.15) is 41.5 Å². The Morgan fingerprint density at radius 1 is 1.33 bits per heavy atom. The average molecular weight is 289 g/mol. The van der Waals surface area contributed by atoms with Gasteiger partial charge in [0.1, 0.15) is 24.7 Å². The fourth-order valence-electron chi connectivity index (χ4n) is 2.63. The van der Waals surface area contributed by atoms with Crippen molar-refractivity contribution >= 4 is 0 Å². The average Bonchev–Trinajstić information content (AvgIpc) is 2.94. The predicted molar refractivity (Wildman–Crippen MR) is 75.9 cm³/mol. The lowest BCUT2D eigenvalue weighted by Crippen LogP contribution is -2.09. The van der Waals surface area contributed by atoms with E-state index in [2.05, 4.69) is 5.16 Å². The number of nitrogens with zero attached hydrogens (tertiary/aromatic N) is 1. The first-order valence-corrected chi connectivity index (χ1v) is 7.13. The number of aryl methyl sites for hydroxylation is 1. The van der Waals surface area contributed by atoms with Crippen LogP contribution in [0.4, 0.5) is 0 Å². The second-order valence-corrected chi connectivity index (χ2v) is 5.27. The Balaban J connectivity index is 1.66. The molecule has 1 aromatic heterocycles.